The summed E-state index contributed by atoms with van der Waals surface area (Å²) in [5.41, 5.74) is 7.25. The number of aromatic nitrogens is 2. The van der Waals surface area contributed by atoms with Crippen LogP contribution in [0.5, 0.6) is 0 Å². The fraction of sp³-hybridized carbons (Fsp3) is 0.529. The summed E-state index contributed by atoms with van der Waals surface area (Å²) in [6, 6.07) is 10.5. The summed E-state index contributed by atoms with van der Waals surface area (Å²) in [6.45, 7) is 4.38. The monoisotopic (exact) mass is 353 g/mol. The van der Waals surface area contributed by atoms with E-state index in [0.717, 1.165) is 25.0 Å². The van der Waals surface area contributed by atoms with Gasteiger partial charge in [-0.2, -0.15) is 4.98 Å². The predicted molar refractivity (Wildman–Crippen MR) is 96.6 cm³/mol. The van der Waals surface area contributed by atoms with E-state index in [1.165, 1.54) is 5.56 Å². The second kappa shape index (κ2) is 7.69. The summed E-state index contributed by atoms with van der Waals surface area (Å²) in [5.74, 6) is 2.76. The Morgan fingerprint density at radius 1 is 1.26 bits per heavy atom. The molecule has 0 amide bonds. The summed E-state index contributed by atoms with van der Waals surface area (Å²) in [7, 11) is 0. The fourth-order valence-electron chi connectivity index (χ4n) is 2.64. The molecule has 0 spiro atoms. The van der Waals surface area contributed by atoms with Gasteiger partial charge in [0.25, 0.3) is 0 Å². The van der Waals surface area contributed by atoms with Crippen LogP contribution in [0.3, 0.4) is 0 Å². The Hall–Kier alpha value is -1.04. The lowest BCUT2D eigenvalue weighted by Gasteiger charge is -2.34. The van der Waals surface area contributed by atoms with E-state index in [9.17, 15) is 0 Å². The van der Waals surface area contributed by atoms with Crippen LogP contribution in [-0.2, 0) is 11.3 Å². The van der Waals surface area contributed by atoms with E-state index < -0.39 is 0 Å². The summed E-state index contributed by atoms with van der Waals surface area (Å²) in [4.78, 5) is 4.61. The van der Waals surface area contributed by atoms with Crippen LogP contribution in [0.2, 0.25) is 0 Å². The third kappa shape index (κ3) is 4.08. The van der Waals surface area contributed by atoms with Gasteiger partial charge in [-0.1, -0.05) is 49.3 Å². The number of benzene rings is 1. The van der Waals surface area contributed by atoms with E-state index in [4.69, 9.17) is 10.3 Å². The van der Waals surface area contributed by atoms with Crippen LogP contribution in [0.15, 0.2) is 34.9 Å². The minimum atomic E-state index is -0.354. The molecule has 1 aromatic carbocycles. The van der Waals surface area contributed by atoms with Crippen molar-refractivity contribution in [2.24, 2.45) is 11.7 Å². The van der Waals surface area contributed by atoms with E-state index in [0.29, 0.717) is 17.6 Å². The molecule has 2 aromatic rings. The molecule has 1 aromatic heterocycles. The topological polar surface area (TPSA) is 64.9 Å². The second-order valence-corrected chi connectivity index (χ2v) is 7.56. The maximum absolute atomic E-state index is 6.29. The van der Waals surface area contributed by atoms with Crippen molar-refractivity contribution in [1.82, 2.24) is 10.1 Å². The first-order chi connectivity index (χ1) is 10.6. The lowest BCUT2D eigenvalue weighted by molar-refractivity contribution is 0.228. The van der Waals surface area contributed by atoms with Crippen LogP contribution in [0.4, 0.5) is 0 Å². The molecule has 1 unspecified atom stereocenters. The SMILES string of the molecule is CC(C)C(SCc1ccccc1)c1nc(C2(N)CCC2)no1.Cl. The van der Waals surface area contributed by atoms with Crippen molar-refractivity contribution in [2.45, 2.75) is 49.7 Å². The van der Waals surface area contributed by atoms with E-state index in [2.05, 4.69) is 48.3 Å². The average Bonchev–Trinajstić information content (AvgIpc) is 2.96. The quantitative estimate of drug-likeness (QED) is 0.830. The van der Waals surface area contributed by atoms with Gasteiger partial charge in [-0.05, 0) is 30.7 Å². The van der Waals surface area contributed by atoms with Gasteiger partial charge in [-0.15, -0.1) is 24.2 Å². The zero-order valence-electron chi connectivity index (χ0n) is 13.6. The summed E-state index contributed by atoms with van der Waals surface area (Å²) >= 11 is 1.85. The standard InChI is InChI=1S/C17H23N3OS.ClH/c1-12(2)14(22-11-13-7-4-3-5-8-13)15-19-16(20-21-15)17(18)9-6-10-17;/h3-5,7-8,12,14H,6,9-11,18H2,1-2H3;1H. The van der Waals surface area contributed by atoms with Crippen molar-refractivity contribution in [2.75, 3.05) is 0 Å². The molecule has 126 valence electrons. The van der Waals surface area contributed by atoms with Gasteiger partial charge in [0.15, 0.2) is 5.82 Å². The first-order valence-electron chi connectivity index (χ1n) is 7.87. The fourth-order valence-corrected chi connectivity index (χ4v) is 3.83. The number of halogens is 1. The van der Waals surface area contributed by atoms with Gasteiger partial charge in [-0.3, -0.25) is 0 Å². The zero-order chi connectivity index (χ0) is 15.6. The third-order valence-electron chi connectivity index (χ3n) is 4.25. The van der Waals surface area contributed by atoms with Gasteiger partial charge < -0.3 is 10.3 Å². The number of nitrogens with zero attached hydrogens (tertiary/aromatic N) is 2. The molecule has 1 saturated carbocycles. The Morgan fingerprint density at radius 3 is 2.52 bits per heavy atom. The van der Waals surface area contributed by atoms with Gasteiger partial charge in [-0.25, -0.2) is 0 Å². The number of thioether (sulfide) groups is 1. The van der Waals surface area contributed by atoms with Gasteiger partial charge >= 0.3 is 0 Å². The Balaban J connectivity index is 0.00000192. The Morgan fingerprint density at radius 2 is 1.96 bits per heavy atom. The molecule has 0 radical (unpaired) electrons. The van der Waals surface area contributed by atoms with Crippen molar-refractivity contribution in [1.29, 1.82) is 0 Å². The van der Waals surface area contributed by atoms with Crippen LogP contribution in [0, 0.1) is 5.92 Å². The molecular formula is C17H24ClN3OS. The molecular weight excluding hydrogens is 330 g/mol. The van der Waals surface area contributed by atoms with Gasteiger partial charge in [0, 0.05) is 5.75 Å². The highest BCUT2D eigenvalue weighted by Crippen LogP contribution is 2.40. The maximum Gasteiger partial charge on any atom is 0.240 e. The van der Waals surface area contributed by atoms with Crippen molar-refractivity contribution in [3.63, 3.8) is 0 Å². The molecule has 6 heteroatoms. The number of rotatable bonds is 6. The van der Waals surface area contributed by atoms with Crippen molar-refractivity contribution in [3.8, 4) is 0 Å². The predicted octanol–water partition coefficient (Wildman–Crippen LogP) is 4.46. The van der Waals surface area contributed by atoms with Crippen LogP contribution in [-0.4, -0.2) is 10.1 Å². The number of hydrogen-bond donors (Lipinski definition) is 1. The third-order valence-corrected chi connectivity index (χ3v) is 5.86. The van der Waals surface area contributed by atoms with Crippen LogP contribution in [0.1, 0.15) is 55.6 Å². The second-order valence-electron chi connectivity index (χ2n) is 6.43. The molecule has 1 atom stereocenters. The average molecular weight is 354 g/mol. The zero-order valence-corrected chi connectivity index (χ0v) is 15.2. The van der Waals surface area contributed by atoms with Crippen molar-refractivity contribution >= 4 is 24.2 Å². The summed E-state index contributed by atoms with van der Waals surface area (Å²) in [6.07, 6.45) is 3.06. The Bertz CT molecular complexity index is 613. The smallest absolute Gasteiger partial charge is 0.240 e. The summed E-state index contributed by atoms with van der Waals surface area (Å²) < 4.78 is 5.54. The number of hydrogen-bond acceptors (Lipinski definition) is 5. The molecule has 4 nitrogen and oxygen atoms in total. The molecule has 1 aliphatic carbocycles. The summed E-state index contributed by atoms with van der Waals surface area (Å²) in [5, 5.41) is 4.34. The lowest BCUT2D eigenvalue weighted by Crippen LogP contribution is -2.44. The van der Waals surface area contributed by atoms with E-state index in [-0.39, 0.29) is 23.2 Å². The highest BCUT2D eigenvalue weighted by molar-refractivity contribution is 7.98. The van der Waals surface area contributed by atoms with Crippen LogP contribution >= 0.6 is 24.2 Å². The van der Waals surface area contributed by atoms with Gasteiger partial charge in [0.1, 0.15) is 0 Å². The molecule has 0 bridgehead atoms. The molecule has 23 heavy (non-hydrogen) atoms. The van der Waals surface area contributed by atoms with Crippen molar-refractivity contribution < 1.29 is 4.52 Å². The molecule has 2 N–H and O–H groups in total. The molecule has 1 aliphatic rings. The Labute approximate surface area is 148 Å². The number of nitrogens with two attached hydrogens (primary N) is 1. The normalized spacial score (nSPS) is 17.4. The first kappa shape index (κ1) is 18.3. The minimum Gasteiger partial charge on any atom is -0.338 e. The molecule has 3 rings (SSSR count). The van der Waals surface area contributed by atoms with Crippen LogP contribution in [0.25, 0.3) is 0 Å². The Kier molecular flexibility index (Phi) is 6.12. The lowest BCUT2D eigenvalue weighted by atomic mass is 9.77. The molecule has 1 heterocycles. The molecule has 0 aliphatic heterocycles. The van der Waals surface area contributed by atoms with Gasteiger partial charge in [0.05, 0.1) is 10.8 Å². The van der Waals surface area contributed by atoms with Gasteiger partial charge in [0.2, 0.25) is 5.89 Å². The largest absolute Gasteiger partial charge is 0.338 e. The highest BCUT2D eigenvalue weighted by atomic mass is 35.5. The van der Waals surface area contributed by atoms with Crippen LogP contribution < -0.4 is 5.73 Å². The highest BCUT2D eigenvalue weighted by Gasteiger charge is 2.39. The van der Waals surface area contributed by atoms with E-state index in [1.54, 1.807) is 0 Å². The minimum absolute atomic E-state index is 0. The molecule has 1 fully saturated rings. The first-order valence-corrected chi connectivity index (χ1v) is 8.92. The van der Waals surface area contributed by atoms with E-state index >= 15 is 0 Å². The molecule has 0 saturated heterocycles. The van der Waals surface area contributed by atoms with E-state index in [1.807, 2.05) is 17.8 Å². The van der Waals surface area contributed by atoms with Crippen molar-refractivity contribution in [3.05, 3.63) is 47.6 Å². The maximum atomic E-state index is 6.29.